The summed E-state index contributed by atoms with van der Waals surface area (Å²) in [4.78, 5) is 8.64. The van der Waals surface area contributed by atoms with E-state index in [0.29, 0.717) is 23.0 Å². The van der Waals surface area contributed by atoms with E-state index in [4.69, 9.17) is 9.47 Å². The molecule has 0 saturated carbocycles. The predicted molar refractivity (Wildman–Crippen MR) is 128 cm³/mol. The Morgan fingerprint density at radius 3 is 2.15 bits per heavy atom. The highest BCUT2D eigenvalue weighted by molar-refractivity contribution is 7.92. The molecule has 2 N–H and O–H groups in total. The molecule has 9 heteroatoms. The first-order valence-electron chi connectivity index (χ1n) is 9.98. The van der Waals surface area contributed by atoms with Crippen molar-refractivity contribution in [3.63, 3.8) is 0 Å². The third kappa shape index (κ3) is 5.21. The Bertz CT molecular complexity index is 1340. The van der Waals surface area contributed by atoms with Crippen LogP contribution in [0.4, 0.5) is 17.2 Å². The van der Waals surface area contributed by atoms with Gasteiger partial charge in [-0.1, -0.05) is 30.3 Å². The summed E-state index contributed by atoms with van der Waals surface area (Å²) in [7, 11) is -0.863. The maximum absolute atomic E-state index is 12.8. The maximum Gasteiger partial charge on any atom is 0.262 e. The topological polar surface area (TPSA) is 102 Å². The lowest BCUT2D eigenvalue weighted by Gasteiger charge is -2.12. The molecule has 0 saturated heterocycles. The smallest absolute Gasteiger partial charge is 0.262 e. The summed E-state index contributed by atoms with van der Waals surface area (Å²) in [5, 5.41) is 3.20. The van der Waals surface area contributed by atoms with Gasteiger partial charge < -0.3 is 14.8 Å². The van der Waals surface area contributed by atoms with E-state index >= 15 is 0 Å². The number of nitrogens with zero attached hydrogens (tertiary/aromatic N) is 2. The highest BCUT2D eigenvalue weighted by atomic mass is 32.2. The molecular weight excluding hydrogens is 440 g/mol. The van der Waals surface area contributed by atoms with Crippen LogP contribution in [0.3, 0.4) is 0 Å². The maximum atomic E-state index is 12.8. The zero-order valence-corrected chi connectivity index (χ0v) is 18.8. The molecule has 33 heavy (non-hydrogen) atoms. The Morgan fingerprint density at radius 2 is 1.45 bits per heavy atom. The number of anilines is 3. The van der Waals surface area contributed by atoms with Crippen molar-refractivity contribution < 1.29 is 17.9 Å². The molecule has 3 aromatic carbocycles. The molecule has 0 amide bonds. The number of benzene rings is 3. The van der Waals surface area contributed by atoms with Crippen LogP contribution in [0.2, 0.25) is 0 Å². The van der Waals surface area contributed by atoms with Gasteiger partial charge in [0, 0.05) is 29.1 Å². The van der Waals surface area contributed by atoms with E-state index in [0.717, 1.165) is 16.9 Å². The molecular formula is C24H22N4O4S. The van der Waals surface area contributed by atoms with Crippen molar-refractivity contribution in [3.05, 3.63) is 85.2 Å². The molecule has 0 unspecified atom stereocenters. The SMILES string of the molecule is COc1ccc(S(=O)(=O)Nc2ccc(Nc3cc(-c4ccccc4)ncn3)cc2)cc1OC. The summed E-state index contributed by atoms with van der Waals surface area (Å²) in [6.45, 7) is 0. The number of sulfonamides is 1. The van der Waals surface area contributed by atoms with Crippen LogP contribution in [0, 0.1) is 0 Å². The monoisotopic (exact) mass is 462 g/mol. The molecule has 1 heterocycles. The molecule has 0 aliphatic carbocycles. The minimum absolute atomic E-state index is 0.0665. The number of aromatic nitrogens is 2. The van der Waals surface area contributed by atoms with E-state index in [2.05, 4.69) is 20.0 Å². The van der Waals surface area contributed by atoms with Crippen LogP contribution < -0.4 is 19.5 Å². The lowest BCUT2D eigenvalue weighted by atomic mass is 10.1. The Hall–Kier alpha value is -4.11. The lowest BCUT2D eigenvalue weighted by molar-refractivity contribution is 0.354. The lowest BCUT2D eigenvalue weighted by Crippen LogP contribution is -2.13. The fraction of sp³-hybridized carbons (Fsp3) is 0.0833. The summed E-state index contributed by atoms with van der Waals surface area (Å²) in [6, 6.07) is 22.9. The third-order valence-corrected chi connectivity index (χ3v) is 6.19. The van der Waals surface area contributed by atoms with Gasteiger partial charge in [0.25, 0.3) is 10.0 Å². The van der Waals surface area contributed by atoms with Gasteiger partial charge in [0.15, 0.2) is 11.5 Å². The van der Waals surface area contributed by atoms with Gasteiger partial charge in [-0.2, -0.15) is 0 Å². The van der Waals surface area contributed by atoms with Gasteiger partial charge in [-0.05, 0) is 36.4 Å². The van der Waals surface area contributed by atoms with Crippen LogP contribution in [0.15, 0.2) is 90.1 Å². The third-order valence-electron chi connectivity index (χ3n) is 4.81. The van der Waals surface area contributed by atoms with Crippen molar-refractivity contribution in [1.29, 1.82) is 0 Å². The van der Waals surface area contributed by atoms with Crippen LogP contribution in [0.5, 0.6) is 11.5 Å². The van der Waals surface area contributed by atoms with Crippen LogP contribution in [0.1, 0.15) is 0 Å². The molecule has 0 bridgehead atoms. The molecule has 0 spiro atoms. The van der Waals surface area contributed by atoms with E-state index < -0.39 is 10.0 Å². The zero-order valence-electron chi connectivity index (χ0n) is 18.0. The van der Waals surface area contributed by atoms with Crippen molar-refractivity contribution in [1.82, 2.24) is 9.97 Å². The van der Waals surface area contributed by atoms with Crippen molar-refractivity contribution in [2.75, 3.05) is 24.3 Å². The van der Waals surface area contributed by atoms with Gasteiger partial charge in [-0.15, -0.1) is 0 Å². The number of hydrogen-bond donors (Lipinski definition) is 2. The quantitative estimate of drug-likeness (QED) is 0.391. The molecule has 0 aliphatic heterocycles. The van der Waals surface area contributed by atoms with E-state index in [-0.39, 0.29) is 4.90 Å². The van der Waals surface area contributed by atoms with Crippen molar-refractivity contribution in [2.45, 2.75) is 4.90 Å². The van der Waals surface area contributed by atoms with Crippen molar-refractivity contribution >= 4 is 27.2 Å². The Morgan fingerprint density at radius 1 is 0.758 bits per heavy atom. The second-order valence-corrected chi connectivity index (χ2v) is 8.66. The normalized spacial score (nSPS) is 11.0. The summed E-state index contributed by atoms with van der Waals surface area (Å²) in [6.07, 6.45) is 1.50. The molecule has 8 nitrogen and oxygen atoms in total. The number of ether oxygens (including phenoxy) is 2. The Kier molecular flexibility index (Phi) is 6.41. The number of nitrogens with one attached hydrogen (secondary N) is 2. The molecule has 0 fully saturated rings. The van der Waals surface area contributed by atoms with Crippen molar-refractivity contribution in [2.24, 2.45) is 0 Å². The summed E-state index contributed by atoms with van der Waals surface area (Å²) in [5.41, 5.74) is 2.96. The van der Waals surface area contributed by atoms with Crippen molar-refractivity contribution in [3.8, 4) is 22.8 Å². The van der Waals surface area contributed by atoms with Crippen LogP contribution in [-0.2, 0) is 10.0 Å². The van der Waals surface area contributed by atoms with E-state index in [9.17, 15) is 8.42 Å². The predicted octanol–water partition coefficient (Wildman–Crippen LogP) is 4.71. The fourth-order valence-corrected chi connectivity index (χ4v) is 4.23. The number of rotatable bonds is 8. The fourth-order valence-electron chi connectivity index (χ4n) is 3.16. The molecule has 1 aromatic heterocycles. The van der Waals surface area contributed by atoms with Crippen LogP contribution in [0.25, 0.3) is 11.3 Å². The minimum atomic E-state index is -3.81. The molecule has 0 atom stereocenters. The molecule has 4 aromatic rings. The van der Waals surface area contributed by atoms with Gasteiger partial charge in [-0.25, -0.2) is 18.4 Å². The standard InChI is InChI=1S/C24H22N4O4S/c1-31-22-13-12-20(14-23(22)32-2)33(29,30)28-19-10-8-18(9-11-19)27-24-15-21(25-16-26-24)17-6-4-3-5-7-17/h3-16,28H,1-2H3,(H,25,26,27). The second kappa shape index (κ2) is 9.58. The average Bonchev–Trinajstić information content (AvgIpc) is 2.85. The summed E-state index contributed by atoms with van der Waals surface area (Å²) < 4.78 is 38.5. The highest BCUT2D eigenvalue weighted by Gasteiger charge is 2.17. The zero-order chi connectivity index (χ0) is 23.3. The first-order chi connectivity index (χ1) is 16.0. The van der Waals surface area contributed by atoms with E-state index in [1.54, 1.807) is 30.3 Å². The summed E-state index contributed by atoms with van der Waals surface area (Å²) >= 11 is 0. The molecule has 168 valence electrons. The van der Waals surface area contributed by atoms with E-state index in [1.165, 1.54) is 32.7 Å². The van der Waals surface area contributed by atoms with Crippen LogP contribution in [-0.4, -0.2) is 32.6 Å². The van der Waals surface area contributed by atoms with Gasteiger partial charge in [0.2, 0.25) is 0 Å². The second-order valence-electron chi connectivity index (χ2n) is 6.98. The number of methoxy groups -OCH3 is 2. The van der Waals surface area contributed by atoms with Gasteiger partial charge in [0.1, 0.15) is 12.1 Å². The first-order valence-corrected chi connectivity index (χ1v) is 11.5. The largest absolute Gasteiger partial charge is 0.493 e. The molecule has 0 radical (unpaired) electrons. The van der Waals surface area contributed by atoms with Gasteiger partial charge in [-0.3, -0.25) is 4.72 Å². The average molecular weight is 463 g/mol. The van der Waals surface area contributed by atoms with E-state index in [1.807, 2.05) is 36.4 Å². The highest BCUT2D eigenvalue weighted by Crippen LogP contribution is 2.30. The summed E-state index contributed by atoms with van der Waals surface area (Å²) in [5.74, 6) is 1.41. The Labute approximate surface area is 192 Å². The van der Waals surface area contributed by atoms with Crippen LogP contribution >= 0.6 is 0 Å². The number of hydrogen-bond acceptors (Lipinski definition) is 7. The first kappa shape index (κ1) is 22.1. The minimum Gasteiger partial charge on any atom is -0.493 e. The molecule has 4 rings (SSSR count). The molecule has 0 aliphatic rings. The van der Waals surface area contributed by atoms with Gasteiger partial charge >= 0.3 is 0 Å². The van der Waals surface area contributed by atoms with Gasteiger partial charge in [0.05, 0.1) is 24.8 Å². The Balaban J connectivity index is 1.48.